The van der Waals surface area contributed by atoms with E-state index in [2.05, 4.69) is 0 Å². The van der Waals surface area contributed by atoms with Crippen LogP contribution in [0, 0.1) is 0 Å². The molecule has 1 nitrogen and oxygen atoms in total. The summed E-state index contributed by atoms with van der Waals surface area (Å²) in [4.78, 5) is 0. The molecule has 0 aliphatic rings. The number of ether oxygens (including phenoxy) is 1. The molecule has 7 heteroatoms. The first-order chi connectivity index (χ1) is 6.50. The highest BCUT2D eigenvalue weighted by molar-refractivity contribution is 6.67. The van der Waals surface area contributed by atoms with Crippen molar-refractivity contribution in [1.29, 1.82) is 0 Å². The second kappa shape index (κ2) is 4.90. The molecule has 0 aromatic heterocycles. The SMILES string of the molecule is [SiH3]COc1c([SiH3])c([SiH3])c([SiH3])c([SiH3])c1[SiH3]. The van der Waals surface area contributed by atoms with Gasteiger partial charge < -0.3 is 4.74 Å². The lowest BCUT2D eigenvalue weighted by atomic mass is 10.3. The fourth-order valence-corrected chi connectivity index (χ4v) is 7.86. The maximum atomic E-state index is 5.88. The lowest BCUT2D eigenvalue weighted by molar-refractivity contribution is 0.394. The maximum Gasteiger partial charge on any atom is 0.114 e. The normalized spacial score (nSPS) is 11.7. The Morgan fingerprint density at radius 2 is 1.07 bits per heavy atom. The molecule has 1 rings (SSSR count). The number of rotatable bonds is 2. The van der Waals surface area contributed by atoms with Crippen molar-refractivity contribution in [3.05, 3.63) is 0 Å². The molecule has 0 aliphatic heterocycles. The van der Waals surface area contributed by atoms with Crippen LogP contribution in [0.4, 0.5) is 0 Å². The summed E-state index contributed by atoms with van der Waals surface area (Å²) in [6.45, 7) is 0. The van der Waals surface area contributed by atoms with Crippen LogP contribution >= 0.6 is 0 Å². The number of benzene rings is 1. The fraction of sp³-hybridized carbons (Fsp3) is 0.143. The summed E-state index contributed by atoms with van der Waals surface area (Å²) in [6, 6.07) is 0. The Morgan fingerprint density at radius 3 is 1.43 bits per heavy atom. The van der Waals surface area contributed by atoms with E-state index in [4.69, 9.17) is 4.74 Å². The van der Waals surface area contributed by atoms with Gasteiger partial charge in [0, 0.05) is 51.2 Å². The second-order valence-electron chi connectivity index (χ2n) is 3.89. The molecule has 0 bridgehead atoms. The van der Waals surface area contributed by atoms with Crippen LogP contribution in [-0.2, 0) is 0 Å². The first kappa shape index (κ1) is 12.4. The van der Waals surface area contributed by atoms with Crippen molar-refractivity contribution in [1.82, 2.24) is 0 Å². The molecule has 0 amide bonds. The third-order valence-corrected chi connectivity index (χ3v) is 14.4. The molecule has 0 unspecified atom stereocenters. The average molecular weight is 289 g/mol. The smallest absolute Gasteiger partial charge is 0.114 e. The van der Waals surface area contributed by atoms with E-state index < -0.39 is 0 Å². The van der Waals surface area contributed by atoms with Crippen molar-refractivity contribution >= 4 is 87.4 Å². The lowest BCUT2D eigenvalue weighted by Crippen LogP contribution is -2.54. The van der Waals surface area contributed by atoms with Crippen molar-refractivity contribution in [3.63, 3.8) is 0 Å². The highest BCUT2D eigenvalue weighted by Gasteiger charge is 2.11. The number of hydrogen-bond acceptors (Lipinski definition) is 1. The van der Waals surface area contributed by atoms with Crippen LogP contribution in [0.25, 0.3) is 0 Å². The maximum absolute atomic E-state index is 5.88. The minimum Gasteiger partial charge on any atom is -0.499 e. The summed E-state index contributed by atoms with van der Waals surface area (Å²) in [5, 5.41) is 8.32. The van der Waals surface area contributed by atoms with Crippen LogP contribution in [0.15, 0.2) is 0 Å². The van der Waals surface area contributed by atoms with Gasteiger partial charge in [-0.25, -0.2) is 0 Å². The standard InChI is InChI=1S/C7H20OSi6/c9-1-8-2-3(10)5(12)7(14)6(13)4(2)11/h1H2,9-14H3. The Hall–Kier alpha value is 0.321. The van der Waals surface area contributed by atoms with Crippen molar-refractivity contribution in [3.8, 4) is 5.75 Å². The molecule has 0 heterocycles. The van der Waals surface area contributed by atoms with Crippen molar-refractivity contribution in [2.24, 2.45) is 0 Å². The third-order valence-electron chi connectivity index (χ3n) is 3.22. The highest BCUT2D eigenvalue weighted by atomic mass is 28.2. The van der Waals surface area contributed by atoms with E-state index in [-0.39, 0.29) is 0 Å². The Morgan fingerprint density at radius 1 is 0.714 bits per heavy atom. The van der Waals surface area contributed by atoms with Gasteiger partial charge in [0.25, 0.3) is 0 Å². The fourth-order valence-electron chi connectivity index (χ4n) is 1.83. The molecule has 78 valence electrons. The minimum absolute atomic E-state index is 0.965. The molecule has 0 spiro atoms. The van der Waals surface area contributed by atoms with E-state index >= 15 is 0 Å². The van der Waals surface area contributed by atoms with Gasteiger partial charge in [-0.05, 0) is 10.4 Å². The van der Waals surface area contributed by atoms with Crippen LogP contribution < -0.4 is 30.7 Å². The minimum atomic E-state index is 0.965. The van der Waals surface area contributed by atoms with Gasteiger partial charge in [0.2, 0.25) is 0 Å². The quantitative estimate of drug-likeness (QED) is 0.491. The number of hydrogen-bond donors (Lipinski definition) is 0. The van der Waals surface area contributed by atoms with E-state index in [1.54, 1.807) is 25.9 Å². The molecule has 0 atom stereocenters. The van der Waals surface area contributed by atoms with Gasteiger partial charge in [0.15, 0.2) is 0 Å². The molecule has 0 N–H and O–H groups in total. The summed E-state index contributed by atoms with van der Waals surface area (Å²) < 4.78 is 5.88. The van der Waals surface area contributed by atoms with Gasteiger partial charge in [-0.1, -0.05) is 15.6 Å². The van der Waals surface area contributed by atoms with E-state index in [0.717, 1.165) is 16.5 Å². The third kappa shape index (κ3) is 2.12. The lowest BCUT2D eigenvalue weighted by Gasteiger charge is -2.19. The van der Waals surface area contributed by atoms with Crippen molar-refractivity contribution in [2.75, 3.05) is 6.23 Å². The van der Waals surface area contributed by atoms with E-state index in [9.17, 15) is 0 Å². The zero-order valence-electron chi connectivity index (χ0n) is 10.1. The van der Waals surface area contributed by atoms with Crippen LogP contribution in [0.2, 0.25) is 0 Å². The summed E-state index contributed by atoms with van der Waals surface area (Å²) in [5.74, 6) is 1.33. The second-order valence-corrected chi connectivity index (χ2v) is 9.46. The zero-order valence-corrected chi connectivity index (χ0v) is 22.1. The summed E-state index contributed by atoms with van der Waals surface area (Å²) in [5.41, 5.74) is 0. The van der Waals surface area contributed by atoms with Crippen LogP contribution in [0.3, 0.4) is 0 Å². The molecule has 0 radical (unpaired) electrons. The van der Waals surface area contributed by atoms with Crippen molar-refractivity contribution < 1.29 is 4.74 Å². The molecular formula is C7H20OSi6. The Balaban J connectivity index is 3.43. The topological polar surface area (TPSA) is 9.23 Å². The predicted molar refractivity (Wildman–Crippen MR) is 89.7 cm³/mol. The Labute approximate surface area is 104 Å². The van der Waals surface area contributed by atoms with E-state index in [1.807, 2.05) is 0 Å². The molecule has 0 aliphatic carbocycles. The Kier molecular flexibility index (Phi) is 4.33. The zero-order chi connectivity index (χ0) is 10.9. The summed E-state index contributed by atoms with van der Waals surface area (Å²) in [6.07, 6.45) is 0.965. The molecule has 0 fully saturated rings. The van der Waals surface area contributed by atoms with Crippen molar-refractivity contribution in [2.45, 2.75) is 0 Å². The first-order valence-corrected chi connectivity index (χ1v) is 11.6. The summed E-state index contributed by atoms with van der Waals surface area (Å²) >= 11 is 0. The van der Waals surface area contributed by atoms with E-state index in [1.165, 1.54) is 57.0 Å². The molecule has 1 aromatic rings. The molecule has 14 heavy (non-hydrogen) atoms. The van der Waals surface area contributed by atoms with Gasteiger partial charge in [-0.2, -0.15) is 0 Å². The summed E-state index contributed by atoms with van der Waals surface area (Å²) in [7, 11) is 7.18. The molecule has 0 saturated heterocycles. The van der Waals surface area contributed by atoms with Crippen LogP contribution in [0.1, 0.15) is 0 Å². The molecular weight excluding hydrogens is 269 g/mol. The monoisotopic (exact) mass is 288 g/mol. The highest BCUT2D eigenvalue weighted by Crippen LogP contribution is 1.95. The van der Waals surface area contributed by atoms with Crippen LogP contribution in [0.5, 0.6) is 5.75 Å². The first-order valence-electron chi connectivity index (χ1n) is 5.20. The van der Waals surface area contributed by atoms with Gasteiger partial charge in [-0.15, -0.1) is 0 Å². The van der Waals surface area contributed by atoms with E-state index in [0.29, 0.717) is 0 Å². The molecule has 0 saturated carbocycles. The predicted octanol–water partition coefficient (Wildman–Crippen LogP) is -9.66. The Bertz CT molecular complexity index is 335. The largest absolute Gasteiger partial charge is 0.499 e. The van der Waals surface area contributed by atoms with Gasteiger partial charge in [0.05, 0.1) is 16.5 Å². The van der Waals surface area contributed by atoms with Gasteiger partial charge in [-0.3, -0.25) is 0 Å². The average Bonchev–Trinajstić information content (AvgIpc) is 2.19. The van der Waals surface area contributed by atoms with Gasteiger partial charge >= 0.3 is 0 Å². The van der Waals surface area contributed by atoms with Gasteiger partial charge in [0.1, 0.15) is 5.75 Å². The van der Waals surface area contributed by atoms with Crippen LogP contribution in [-0.4, -0.2) is 67.7 Å². The molecule has 1 aromatic carbocycles.